The second-order valence-electron chi connectivity index (χ2n) is 6.72. The Morgan fingerprint density at radius 2 is 2.07 bits per heavy atom. The van der Waals surface area contributed by atoms with E-state index in [-0.39, 0.29) is 17.7 Å². The normalized spacial score (nSPS) is 12.7. The summed E-state index contributed by atoms with van der Waals surface area (Å²) in [6.45, 7) is 5.21. The van der Waals surface area contributed by atoms with Gasteiger partial charge in [0, 0.05) is 22.3 Å². The minimum Gasteiger partial charge on any atom is -0.496 e. The lowest BCUT2D eigenvalue weighted by atomic mass is 10.1. The van der Waals surface area contributed by atoms with Crippen LogP contribution in [0, 0.1) is 0 Å². The summed E-state index contributed by atoms with van der Waals surface area (Å²) in [6, 6.07) is 4.67. The second kappa shape index (κ2) is 8.95. The summed E-state index contributed by atoms with van der Waals surface area (Å²) >= 11 is 7.23. The summed E-state index contributed by atoms with van der Waals surface area (Å²) in [7, 11) is 1.45. The molecule has 0 saturated heterocycles. The number of alkyl halides is 2. The fourth-order valence-electron chi connectivity index (χ4n) is 2.15. The Bertz CT molecular complexity index is 872. The van der Waals surface area contributed by atoms with Crippen molar-refractivity contribution < 1.29 is 23.0 Å². The number of carbonyl (C=O) groups excluding carboxylic acids is 1. The van der Waals surface area contributed by atoms with Crippen molar-refractivity contribution in [2.45, 2.75) is 39.3 Å². The lowest BCUT2D eigenvalue weighted by Crippen LogP contribution is -2.18. The van der Waals surface area contributed by atoms with Crippen LogP contribution >= 0.6 is 23.1 Å². The Labute approximate surface area is 165 Å². The van der Waals surface area contributed by atoms with Crippen LogP contribution in [-0.4, -0.2) is 30.0 Å². The lowest BCUT2D eigenvalue weighted by molar-refractivity contribution is 0.00957. The molecule has 148 valence electrons. The first-order chi connectivity index (χ1) is 12.6. The first kappa shape index (κ1) is 21.5. The Morgan fingerprint density at radius 3 is 2.67 bits per heavy atom. The van der Waals surface area contributed by atoms with Gasteiger partial charge in [0.2, 0.25) is 0 Å². The average Bonchev–Trinajstić information content (AvgIpc) is 2.97. The third kappa shape index (κ3) is 5.85. The van der Waals surface area contributed by atoms with Gasteiger partial charge in [-0.25, -0.2) is 8.78 Å². The Balaban J connectivity index is 2.44. The van der Waals surface area contributed by atoms with Crippen molar-refractivity contribution in [3.05, 3.63) is 45.2 Å². The van der Waals surface area contributed by atoms with E-state index in [0.717, 1.165) is 0 Å². The summed E-state index contributed by atoms with van der Waals surface area (Å²) in [6.07, 6.45) is -0.798. The molecule has 27 heavy (non-hydrogen) atoms. The zero-order chi connectivity index (χ0) is 20.2. The van der Waals surface area contributed by atoms with Gasteiger partial charge in [-0.15, -0.1) is 0 Å². The first-order valence-electron chi connectivity index (χ1n) is 8.12. The highest BCUT2D eigenvalue weighted by Gasteiger charge is 2.18. The largest absolute Gasteiger partial charge is 0.496 e. The lowest BCUT2D eigenvalue weighted by Gasteiger charge is -2.19. The molecular weight excluding hydrogens is 398 g/mol. The number of methoxy groups -OCH3 is 1. The van der Waals surface area contributed by atoms with Crippen molar-refractivity contribution >= 4 is 29.0 Å². The number of amides is 1. The fraction of sp³-hybridized carbons (Fsp3) is 0.444. The van der Waals surface area contributed by atoms with Crippen molar-refractivity contribution in [1.29, 1.82) is 0 Å². The number of aromatic nitrogens is 1. The molecule has 9 heteroatoms. The topological polar surface area (TPSA) is 52.8 Å². The highest BCUT2D eigenvalue weighted by molar-refractivity contribution is 7.04. The van der Waals surface area contributed by atoms with Crippen LogP contribution in [0.5, 0.6) is 5.75 Å². The number of ether oxygens (including phenoxy) is 2. The summed E-state index contributed by atoms with van der Waals surface area (Å²) in [4.78, 5) is 16.8. The van der Waals surface area contributed by atoms with Gasteiger partial charge in [-0.3, -0.25) is 8.75 Å². The van der Waals surface area contributed by atoms with Gasteiger partial charge in [0.1, 0.15) is 17.0 Å². The van der Waals surface area contributed by atoms with E-state index in [1.807, 2.05) is 24.7 Å². The van der Waals surface area contributed by atoms with Crippen LogP contribution in [0.25, 0.3) is 0 Å². The van der Waals surface area contributed by atoms with E-state index < -0.39 is 18.9 Å². The molecule has 0 radical (unpaired) electrons. The molecule has 0 aliphatic rings. The van der Waals surface area contributed by atoms with Crippen LogP contribution in [0.4, 0.5) is 8.78 Å². The zero-order valence-electron chi connectivity index (χ0n) is 15.5. The quantitative estimate of drug-likeness (QED) is 0.694. The third-order valence-electron chi connectivity index (χ3n) is 3.49. The van der Waals surface area contributed by atoms with Gasteiger partial charge < -0.3 is 9.47 Å². The maximum atomic E-state index is 12.7. The number of nitrogens with zero attached hydrogens (tertiary/aromatic N) is 2. The van der Waals surface area contributed by atoms with E-state index in [1.165, 1.54) is 24.7 Å². The highest BCUT2D eigenvalue weighted by Crippen LogP contribution is 2.23. The molecule has 1 aromatic heterocycles. The summed E-state index contributed by atoms with van der Waals surface area (Å²) in [5, 5.41) is 0.380. The van der Waals surface area contributed by atoms with E-state index in [2.05, 4.69) is 4.99 Å². The molecule has 0 bridgehead atoms. The standard InChI is InChI=1S/C18H21ClF2N2O3S/c1-18(2,3)23-8-11(9-26-10-15(20)21)17(27-23)22-16(24)13-7-12(19)5-6-14(13)25-4/h5-8,15H,9-10H2,1-4H3/b22-17-. The van der Waals surface area contributed by atoms with Crippen LogP contribution in [0.2, 0.25) is 5.02 Å². The molecule has 0 unspecified atom stereocenters. The molecular formula is C18H21ClF2N2O3S. The van der Waals surface area contributed by atoms with Crippen LogP contribution in [0.1, 0.15) is 36.7 Å². The minimum absolute atomic E-state index is 0.0668. The minimum atomic E-state index is -2.56. The molecule has 0 saturated carbocycles. The SMILES string of the molecule is COc1ccc(Cl)cc1C(=O)/N=c1\sn(C(C)(C)C)cc1COCC(F)F. The van der Waals surface area contributed by atoms with Gasteiger partial charge in [0.05, 0.1) is 19.3 Å². The van der Waals surface area contributed by atoms with Crippen LogP contribution in [0.3, 0.4) is 0 Å². The Kier molecular flexibility index (Phi) is 7.13. The second-order valence-corrected chi connectivity index (χ2v) is 8.11. The molecule has 0 aliphatic carbocycles. The van der Waals surface area contributed by atoms with Crippen molar-refractivity contribution in [2.24, 2.45) is 4.99 Å². The van der Waals surface area contributed by atoms with Crippen molar-refractivity contribution in [3.8, 4) is 5.75 Å². The van der Waals surface area contributed by atoms with E-state index >= 15 is 0 Å². The van der Waals surface area contributed by atoms with Crippen LogP contribution in [0.15, 0.2) is 29.4 Å². The predicted octanol–water partition coefficient (Wildman–Crippen LogP) is 4.49. The first-order valence-corrected chi connectivity index (χ1v) is 9.27. The molecule has 0 spiro atoms. The fourth-order valence-corrected chi connectivity index (χ4v) is 3.32. The molecule has 2 aromatic rings. The molecule has 0 fully saturated rings. The zero-order valence-corrected chi connectivity index (χ0v) is 17.0. The van der Waals surface area contributed by atoms with Crippen molar-refractivity contribution in [3.63, 3.8) is 0 Å². The summed E-state index contributed by atoms with van der Waals surface area (Å²) < 4.78 is 37.2. The van der Waals surface area contributed by atoms with Crippen molar-refractivity contribution in [2.75, 3.05) is 13.7 Å². The van der Waals surface area contributed by atoms with Crippen LogP contribution < -0.4 is 9.41 Å². The Morgan fingerprint density at radius 1 is 1.37 bits per heavy atom. The number of benzene rings is 1. The average molecular weight is 419 g/mol. The molecule has 1 amide bonds. The van der Waals surface area contributed by atoms with Gasteiger partial charge in [0.15, 0.2) is 0 Å². The van der Waals surface area contributed by atoms with Gasteiger partial charge in [-0.2, -0.15) is 4.99 Å². The smallest absolute Gasteiger partial charge is 0.282 e. The maximum Gasteiger partial charge on any atom is 0.282 e. The van der Waals surface area contributed by atoms with E-state index in [9.17, 15) is 13.6 Å². The number of carbonyl (C=O) groups is 1. The van der Waals surface area contributed by atoms with Gasteiger partial charge in [-0.1, -0.05) is 11.6 Å². The highest BCUT2D eigenvalue weighted by atomic mass is 35.5. The number of halogens is 3. The number of hydrogen-bond acceptors (Lipinski definition) is 4. The predicted molar refractivity (Wildman–Crippen MR) is 101 cm³/mol. The molecule has 1 heterocycles. The Hall–Kier alpha value is -1.77. The summed E-state index contributed by atoms with van der Waals surface area (Å²) in [5.74, 6) is -0.184. The van der Waals surface area contributed by atoms with E-state index in [1.54, 1.807) is 18.3 Å². The van der Waals surface area contributed by atoms with Gasteiger partial charge in [0.25, 0.3) is 12.3 Å². The van der Waals surface area contributed by atoms with Crippen LogP contribution in [-0.2, 0) is 16.9 Å². The van der Waals surface area contributed by atoms with Gasteiger partial charge >= 0.3 is 0 Å². The van der Waals surface area contributed by atoms with E-state index in [0.29, 0.717) is 21.0 Å². The van der Waals surface area contributed by atoms with Gasteiger partial charge in [-0.05, 0) is 50.5 Å². The molecule has 0 N–H and O–H groups in total. The molecule has 2 rings (SSSR count). The molecule has 1 aromatic carbocycles. The monoisotopic (exact) mass is 418 g/mol. The third-order valence-corrected chi connectivity index (χ3v) is 5.10. The molecule has 5 nitrogen and oxygen atoms in total. The number of rotatable bonds is 6. The van der Waals surface area contributed by atoms with E-state index in [4.69, 9.17) is 21.1 Å². The number of hydrogen-bond donors (Lipinski definition) is 0. The molecule has 0 atom stereocenters. The maximum absolute atomic E-state index is 12.7. The summed E-state index contributed by atoms with van der Waals surface area (Å²) in [5.41, 5.74) is 0.525. The van der Waals surface area contributed by atoms with Crippen molar-refractivity contribution in [1.82, 2.24) is 3.96 Å². The molecule has 0 aliphatic heterocycles.